The van der Waals surface area contributed by atoms with Gasteiger partial charge in [0, 0.05) is 37.2 Å². The minimum Gasteiger partial charge on any atom is -0.476 e. The SMILES string of the molecule is O=C(O)c1cc2nc(CN3CCC(Oc4nc(Cc5ccc(Cl)cc5F)ncc4F)CC3)n(C[C@@H]3CCO3)c2nn1. The summed E-state index contributed by atoms with van der Waals surface area (Å²) in [6, 6.07) is 5.76. The van der Waals surface area contributed by atoms with Gasteiger partial charge >= 0.3 is 5.97 Å². The van der Waals surface area contributed by atoms with Gasteiger partial charge in [-0.2, -0.15) is 9.37 Å². The molecule has 5 heterocycles. The van der Waals surface area contributed by atoms with Crippen LogP contribution in [0.4, 0.5) is 8.78 Å². The van der Waals surface area contributed by atoms with Crippen molar-refractivity contribution in [2.24, 2.45) is 0 Å². The summed E-state index contributed by atoms with van der Waals surface area (Å²) in [6.07, 6.45) is 3.08. The minimum atomic E-state index is -1.16. The van der Waals surface area contributed by atoms with Gasteiger partial charge in [0.2, 0.25) is 5.82 Å². The zero-order valence-electron chi connectivity index (χ0n) is 21.8. The van der Waals surface area contributed by atoms with Gasteiger partial charge in [0.15, 0.2) is 11.3 Å². The molecule has 4 aromatic rings. The van der Waals surface area contributed by atoms with Crippen LogP contribution in [0.3, 0.4) is 0 Å². The quantitative estimate of drug-likeness (QED) is 0.311. The van der Waals surface area contributed by atoms with Crippen LogP contribution in [0.2, 0.25) is 5.02 Å². The van der Waals surface area contributed by atoms with Crippen molar-refractivity contribution in [1.29, 1.82) is 0 Å². The van der Waals surface area contributed by atoms with Gasteiger partial charge in [0.25, 0.3) is 5.88 Å². The number of nitrogens with zero attached hydrogens (tertiary/aromatic N) is 7. The van der Waals surface area contributed by atoms with Gasteiger partial charge in [-0.25, -0.2) is 19.2 Å². The molecule has 0 amide bonds. The maximum absolute atomic E-state index is 14.5. The van der Waals surface area contributed by atoms with Crippen molar-refractivity contribution in [2.45, 2.75) is 51.0 Å². The highest BCUT2D eigenvalue weighted by Gasteiger charge is 2.27. The molecule has 14 heteroatoms. The molecule has 1 atom stereocenters. The Morgan fingerprint density at radius 1 is 1.12 bits per heavy atom. The molecule has 3 aromatic heterocycles. The topological polar surface area (TPSA) is 128 Å². The van der Waals surface area contributed by atoms with E-state index in [0.29, 0.717) is 62.4 Å². The summed E-state index contributed by atoms with van der Waals surface area (Å²) in [6.45, 7) is 3.10. The van der Waals surface area contributed by atoms with Crippen LogP contribution in [0.5, 0.6) is 5.88 Å². The predicted molar refractivity (Wildman–Crippen MR) is 142 cm³/mol. The molecule has 1 aromatic carbocycles. The summed E-state index contributed by atoms with van der Waals surface area (Å²) in [5.41, 5.74) is 1.18. The fourth-order valence-corrected chi connectivity index (χ4v) is 5.11. The molecule has 41 heavy (non-hydrogen) atoms. The van der Waals surface area contributed by atoms with Crippen LogP contribution in [0.1, 0.15) is 47.0 Å². The molecule has 2 fully saturated rings. The Morgan fingerprint density at radius 3 is 2.63 bits per heavy atom. The van der Waals surface area contributed by atoms with E-state index in [0.717, 1.165) is 18.4 Å². The molecule has 1 N–H and O–H groups in total. The lowest BCUT2D eigenvalue weighted by atomic mass is 10.1. The average Bonchev–Trinajstić information content (AvgIpc) is 3.26. The van der Waals surface area contributed by atoms with Crippen LogP contribution < -0.4 is 4.74 Å². The molecule has 2 saturated heterocycles. The van der Waals surface area contributed by atoms with Crippen molar-refractivity contribution in [3.8, 4) is 5.88 Å². The van der Waals surface area contributed by atoms with E-state index in [2.05, 4.69) is 30.0 Å². The maximum atomic E-state index is 14.5. The summed E-state index contributed by atoms with van der Waals surface area (Å²) in [5, 5.41) is 17.5. The molecule has 6 rings (SSSR count). The van der Waals surface area contributed by atoms with Crippen LogP contribution in [0.25, 0.3) is 11.2 Å². The van der Waals surface area contributed by atoms with Crippen molar-refractivity contribution in [3.63, 3.8) is 0 Å². The highest BCUT2D eigenvalue weighted by Crippen LogP contribution is 2.25. The molecule has 2 aliphatic heterocycles. The number of carbonyl (C=O) groups is 1. The number of imidazole rings is 1. The Balaban J connectivity index is 1.11. The molecule has 0 saturated carbocycles. The largest absolute Gasteiger partial charge is 0.476 e. The van der Waals surface area contributed by atoms with Crippen LogP contribution in [0, 0.1) is 11.6 Å². The van der Waals surface area contributed by atoms with Gasteiger partial charge in [-0.3, -0.25) is 4.90 Å². The van der Waals surface area contributed by atoms with Crippen molar-refractivity contribution in [1.82, 2.24) is 34.6 Å². The van der Waals surface area contributed by atoms with Gasteiger partial charge in [-0.15, -0.1) is 10.2 Å². The lowest BCUT2D eigenvalue weighted by Gasteiger charge is -2.32. The molecule has 0 aliphatic carbocycles. The van der Waals surface area contributed by atoms with E-state index < -0.39 is 17.6 Å². The molecule has 0 spiro atoms. The zero-order valence-corrected chi connectivity index (χ0v) is 22.6. The molecular formula is C27H26ClF2N7O4. The van der Waals surface area contributed by atoms with Gasteiger partial charge in [0.1, 0.15) is 29.1 Å². The maximum Gasteiger partial charge on any atom is 0.356 e. The summed E-state index contributed by atoms with van der Waals surface area (Å²) >= 11 is 5.82. The minimum absolute atomic E-state index is 0.0510. The van der Waals surface area contributed by atoms with Crippen molar-refractivity contribution >= 4 is 28.7 Å². The van der Waals surface area contributed by atoms with Gasteiger partial charge in [0.05, 0.1) is 25.4 Å². The fourth-order valence-electron chi connectivity index (χ4n) is 4.95. The van der Waals surface area contributed by atoms with Crippen LogP contribution in [-0.2, 0) is 24.2 Å². The lowest BCUT2D eigenvalue weighted by molar-refractivity contribution is -0.0593. The summed E-state index contributed by atoms with van der Waals surface area (Å²) in [7, 11) is 0. The van der Waals surface area contributed by atoms with Crippen molar-refractivity contribution in [2.75, 3.05) is 19.7 Å². The smallest absolute Gasteiger partial charge is 0.356 e. The van der Waals surface area contributed by atoms with Gasteiger partial charge < -0.3 is 19.1 Å². The molecule has 214 valence electrons. The van der Waals surface area contributed by atoms with E-state index in [4.69, 9.17) is 21.1 Å². The van der Waals surface area contributed by atoms with E-state index in [1.54, 1.807) is 12.1 Å². The third-order valence-corrected chi connectivity index (χ3v) is 7.51. The number of fused-ring (bicyclic) bond motifs is 1. The first-order valence-electron chi connectivity index (χ1n) is 13.2. The van der Waals surface area contributed by atoms with Crippen LogP contribution in [0.15, 0.2) is 30.5 Å². The summed E-state index contributed by atoms with van der Waals surface area (Å²) in [4.78, 5) is 26.4. The van der Waals surface area contributed by atoms with E-state index in [1.165, 1.54) is 12.1 Å². The van der Waals surface area contributed by atoms with E-state index in [9.17, 15) is 18.7 Å². The average molecular weight is 586 g/mol. The monoisotopic (exact) mass is 585 g/mol. The number of halogens is 3. The summed E-state index contributed by atoms with van der Waals surface area (Å²) in [5.74, 6) is -1.50. The normalized spacial score (nSPS) is 18.0. The van der Waals surface area contributed by atoms with Crippen molar-refractivity contribution in [3.05, 3.63) is 70.0 Å². The van der Waals surface area contributed by atoms with Crippen LogP contribution in [-0.4, -0.2) is 77.6 Å². The first-order valence-corrected chi connectivity index (χ1v) is 13.6. The molecule has 0 unspecified atom stereocenters. The standard InChI is InChI=1S/C27H26ClF2N7O4/c28-16-2-1-15(19(29)10-16)9-23-31-12-20(30)26(33-23)41-17-3-6-36(7-4-17)14-24-32-21-11-22(27(38)39)34-35-25(21)37(24)13-18-5-8-40-18/h1-2,10-12,17-18H,3-9,13-14H2,(H,38,39)/t18-/m0/s1. The Kier molecular flexibility index (Phi) is 7.73. The molecule has 2 aliphatic rings. The van der Waals surface area contributed by atoms with E-state index in [-0.39, 0.29) is 41.0 Å². The van der Waals surface area contributed by atoms with Gasteiger partial charge in [-0.1, -0.05) is 17.7 Å². The number of benzene rings is 1. The fraction of sp³-hybridized carbons (Fsp3) is 0.407. The third kappa shape index (κ3) is 6.11. The number of aromatic nitrogens is 6. The number of likely N-dealkylation sites (tertiary alicyclic amines) is 1. The number of carboxylic acids is 1. The van der Waals surface area contributed by atoms with Gasteiger partial charge in [-0.05, 0) is 37.0 Å². The summed E-state index contributed by atoms with van der Waals surface area (Å²) < 4.78 is 42.2. The number of hydrogen-bond donors (Lipinski definition) is 1. The second-order valence-corrected chi connectivity index (χ2v) is 10.5. The Hall–Kier alpha value is -3.81. The highest BCUT2D eigenvalue weighted by atomic mass is 35.5. The number of rotatable bonds is 9. The molecule has 11 nitrogen and oxygen atoms in total. The Morgan fingerprint density at radius 2 is 1.93 bits per heavy atom. The Labute approximate surface area is 238 Å². The Bertz CT molecular complexity index is 1590. The number of hydrogen-bond acceptors (Lipinski definition) is 9. The number of ether oxygens (including phenoxy) is 2. The first-order chi connectivity index (χ1) is 19.8. The predicted octanol–water partition coefficient (Wildman–Crippen LogP) is 3.67. The van der Waals surface area contributed by atoms with E-state index in [1.807, 2.05) is 4.57 Å². The molecule has 0 bridgehead atoms. The second kappa shape index (κ2) is 11.6. The third-order valence-electron chi connectivity index (χ3n) is 7.27. The van der Waals surface area contributed by atoms with Crippen LogP contribution >= 0.6 is 11.6 Å². The first kappa shape index (κ1) is 27.4. The second-order valence-electron chi connectivity index (χ2n) is 10.1. The highest BCUT2D eigenvalue weighted by molar-refractivity contribution is 6.30. The van der Waals surface area contributed by atoms with Crippen molar-refractivity contribution < 1.29 is 28.2 Å². The lowest BCUT2D eigenvalue weighted by Crippen LogP contribution is -2.39. The zero-order chi connectivity index (χ0) is 28.5. The number of aromatic carboxylic acids is 1. The van der Waals surface area contributed by atoms with E-state index >= 15 is 0 Å². The molecule has 0 radical (unpaired) electrons. The molecular weight excluding hydrogens is 560 g/mol. The number of piperidine rings is 1. The number of carboxylic acid groups (broad SMARTS) is 1.